The van der Waals surface area contributed by atoms with Crippen molar-refractivity contribution < 1.29 is 9.47 Å². The zero-order chi connectivity index (χ0) is 36.0. The summed E-state index contributed by atoms with van der Waals surface area (Å²) in [7, 11) is 0. The first-order valence-corrected chi connectivity index (χ1v) is 42.4. The average molecular weight is 935 g/mol. The Hall–Kier alpha value is -0.183. The van der Waals surface area contributed by atoms with Crippen LogP contribution in [0.25, 0.3) is 30.9 Å². The van der Waals surface area contributed by atoms with E-state index in [9.17, 15) is 0 Å². The van der Waals surface area contributed by atoms with E-state index in [2.05, 4.69) is 67.8 Å². The van der Waals surface area contributed by atoms with Gasteiger partial charge in [0, 0.05) is 0 Å². The molecule has 0 saturated heterocycles. The molecule has 0 atom stereocenters. The Kier molecular flexibility index (Phi) is 18.4. The summed E-state index contributed by atoms with van der Waals surface area (Å²) in [5.74, 6) is 2.23. The van der Waals surface area contributed by atoms with Gasteiger partial charge in [0.05, 0.1) is 0 Å². The molecule has 0 aliphatic rings. The van der Waals surface area contributed by atoms with Crippen molar-refractivity contribution in [2.45, 2.75) is 172 Å². The molecule has 0 aliphatic heterocycles. The maximum absolute atomic E-state index is 6.74. The predicted molar refractivity (Wildman–Crippen MR) is 235 cm³/mol. The van der Waals surface area contributed by atoms with Crippen molar-refractivity contribution in [3.05, 3.63) is 24.3 Å². The molecule has 280 valence electrons. The van der Waals surface area contributed by atoms with E-state index < -0.39 is 36.8 Å². The summed E-state index contributed by atoms with van der Waals surface area (Å²) in [5, 5.41) is 5.52. The molecule has 0 fully saturated rings. The summed E-state index contributed by atoms with van der Waals surface area (Å²) in [6.07, 6.45) is 27.0. The van der Waals surface area contributed by atoms with Gasteiger partial charge in [0.2, 0.25) is 0 Å². The molecule has 2 nitrogen and oxygen atoms in total. The van der Waals surface area contributed by atoms with Gasteiger partial charge in [-0.05, 0) is 0 Å². The van der Waals surface area contributed by atoms with E-state index in [0.717, 1.165) is 37.6 Å². The summed E-state index contributed by atoms with van der Waals surface area (Å²) >= 11 is -0.550. The number of hydrogen-bond acceptors (Lipinski definition) is 4. The minimum atomic E-state index is -2.30. The zero-order valence-electron chi connectivity index (χ0n) is 33.5. The molecule has 0 bridgehead atoms. The normalized spacial score (nSPS) is 12.6. The molecule has 4 aromatic rings. The SMILES string of the molecule is CCCCCCCCCCCCOc1cc2c3c[c]([Sn]([CH3])([CH3])[CH3])sc3c(OCCCCCCCCCCCC)cc2c2c[c]([Sn]([CH3])([CH3])[CH3])sc12. The molecule has 0 amide bonds. The van der Waals surface area contributed by atoms with Gasteiger partial charge in [-0.1, -0.05) is 65.2 Å². The van der Waals surface area contributed by atoms with Gasteiger partial charge in [-0.25, -0.2) is 0 Å². The number of hydrogen-bond donors (Lipinski definition) is 0. The van der Waals surface area contributed by atoms with Crippen LogP contribution in [0, 0.1) is 0 Å². The Morgan fingerprint density at radius 3 is 1.00 bits per heavy atom. The Balaban J connectivity index is 1.50. The summed E-state index contributed by atoms with van der Waals surface area (Å²) in [4.78, 5) is 15.3. The van der Waals surface area contributed by atoms with Crippen LogP contribution in [-0.4, -0.2) is 50.0 Å². The van der Waals surface area contributed by atoms with E-state index in [4.69, 9.17) is 9.47 Å². The third kappa shape index (κ3) is 13.0. The Bertz CT molecular complexity index is 1450. The van der Waals surface area contributed by atoms with Gasteiger partial charge in [-0.2, -0.15) is 0 Å². The van der Waals surface area contributed by atoms with Gasteiger partial charge in [0.25, 0.3) is 0 Å². The number of thiophene rings is 2. The number of ether oxygens (including phenoxy) is 2. The van der Waals surface area contributed by atoms with Gasteiger partial charge in [-0.3, -0.25) is 0 Å². The fourth-order valence-electron chi connectivity index (χ4n) is 7.04. The first-order chi connectivity index (χ1) is 24.0. The zero-order valence-corrected chi connectivity index (χ0v) is 40.8. The van der Waals surface area contributed by atoms with E-state index in [1.54, 1.807) is 5.79 Å². The molecule has 0 radical (unpaired) electrons. The molecule has 0 spiro atoms. The van der Waals surface area contributed by atoms with Gasteiger partial charge < -0.3 is 0 Å². The van der Waals surface area contributed by atoms with Crippen molar-refractivity contribution in [1.82, 2.24) is 0 Å². The monoisotopic (exact) mass is 936 g/mol. The van der Waals surface area contributed by atoms with Crippen molar-refractivity contribution in [3.63, 3.8) is 0 Å². The van der Waals surface area contributed by atoms with E-state index in [0.29, 0.717) is 0 Å². The Morgan fingerprint density at radius 1 is 0.400 bits per heavy atom. The van der Waals surface area contributed by atoms with Crippen LogP contribution in [0.1, 0.15) is 142 Å². The second kappa shape index (κ2) is 21.6. The fraction of sp³-hybridized carbons (Fsp3) is 0.682. The summed E-state index contributed by atoms with van der Waals surface area (Å²) in [6.45, 7) is 6.24. The first kappa shape index (κ1) is 42.6. The summed E-state index contributed by atoms with van der Waals surface area (Å²) < 4.78 is 19.5. The maximum atomic E-state index is 6.74. The van der Waals surface area contributed by atoms with Crippen LogP contribution in [0.2, 0.25) is 29.6 Å². The van der Waals surface area contributed by atoms with Crippen LogP contribution in [0.3, 0.4) is 0 Å². The second-order valence-electron chi connectivity index (χ2n) is 17.1. The van der Waals surface area contributed by atoms with Gasteiger partial charge in [0.15, 0.2) is 0 Å². The van der Waals surface area contributed by atoms with Crippen molar-refractivity contribution in [2.24, 2.45) is 0 Å². The molecule has 4 rings (SSSR count). The molecule has 2 heterocycles. The predicted octanol–water partition coefficient (Wildman–Crippen LogP) is 15.0. The van der Waals surface area contributed by atoms with Crippen LogP contribution in [0.15, 0.2) is 24.3 Å². The van der Waals surface area contributed by atoms with Crippen LogP contribution in [0.5, 0.6) is 11.5 Å². The van der Waals surface area contributed by atoms with Crippen LogP contribution in [0.4, 0.5) is 0 Å². The molecule has 50 heavy (non-hydrogen) atoms. The molecule has 0 unspecified atom stereocenters. The number of fused-ring (bicyclic) bond motifs is 5. The molecule has 2 aromatic carbocycles. The van der Waals surface area contributed by atoms with Gasteiger partial charge in [-0.15, -0.1) is 0 Å². The van der Waals surface area contributed by atoms with E-state index in [-0.39, 0.29) is 0 Å². The first-order valence-electron chi connectivity index (χ1n) is 20.8. The number of unbranched alkanes of at least 4 members (excludes halogenated alkanes) is 18. The van der Waals surface area contributed by atoms with Crippen LogP contribution < -0.4 is 15.3 Å². The quantitative estimate of drug-likeness (QED) is 0.0461. The average Bonchev–Trinajstić information content (AvgIpc) is 3.73. The minimum absolute atomic E-state index is 0.819. The number of benzene rings is 2. The van der Waals surface area contributed by atoms with E-state index >= 15 is 0 Å². The van der Waals surface area contributed by atoms with Gasteiger partial charge >= 0.3 is 261 Å². The molecule has 0 saturated carbocycles. The molecule has 0 aliphatic carbocycles. The summed E-state index contributed by atoms with van der Waals surface area (Å²) in [6, 6.07) is 9.94. The van der Waals surface area contributed by atoms with Crippen LogP contribution >= 0.6 is 22.7 Å². The Morgan fingerprint density at radius 2 is 0.700 bits per heavy atom. The van der Waals surface area contributed by atoms with Crippen molar-refractivity contribution in [3.8, 4) is 11.5 Å². The van der Waals surface area contributed by atoms with E-state index in [1.165, 1.54) is 147 Å². The second-order valence-corrected chi connectivity index (χ2v) is 50.0. The van der Waals surface area contributed by atoms with Crippen molar-refractivity contribution in [1.29, 1.82) is 0 Å². The summed E-state index contributed by atoms with van der Waals surface area (Å²) in [5.41, 5.74) is 0. The van der Waals surface area contributed by atoms with E-state index in [1.807, 2.05) is 22.7 Å². The fourth-order valence-corrected chi connectivity index (χ4v) is 19.7. The van der Waals surface area contributed by atoms with Crippen molar-refractivity contribution in [2.75, 3.05) is 13.2 Å². The molecular formula is C44H72O2S2Sn2. The van der Waals surface area contributed by atoms with Gasteiger partial charge in [0.1, 0.15) is 0 Å². The van der Waals surface area contributed by atoms with Crippen molar-refractivity contribution >= 4 is 96.2 Å². The number of rotatable bonds is 26. The molecular weight excluding hydrogens is 862 g/mol. The molecule has 2 aromatic heterocycles. The molecule has 0 N–H and O–H groups in total. The third-order valence-corrected chi connectivity index (χ3v) is 31.5. The van der Waals surface area contributed by atoms with Crippen LogP contribution in [-0.2, 0) is 0 Å². The third-order valence-electron chi connectivity index (χ3n) is 10.3. The molecule has 6 heteroatoms. The topological polar surface area (TPSA) is 18.5 Å². The Labute approximate surface area is 323 Å². The standard InChI is InChI=1S/C38H54O2S2.6CH3.2Sn/c1-3-5-7-9-11-13-15-17-19-21-25-39-35-29-33-32-24-28-42-38(32)36(30-34(33)31-23-27-41-37(31)35)40-26-22-20-18-16-14-12-10-8-6-4-2;;;;;;;;/h23-24,29-30H,3-22,25-26H2,1-2H3;6*1H3;;.